The van der Waals surface area contributed by atoms with E-state index in [0.717, 1.165) is 15.8 Å². The maximum absolute atomic E-state index is 13.7. The van der Waals surface area contributed by atoms with Gasteiger partial charge in [-0.2, -0.15) is 0 Å². The molecule has 1 N–H and O–H groups in total. The number of carbonyl (C=O) groups excluding carboxylic acids is 2. The maximum Gasteiger partial charge on any atom is 0.296 e. The molecule has 3 heterocycles. The SMILES string of the molecule is Cc1ccc(C(=O)C2=C(O)C(=O)N(c3nc4ccc(F)cc4s3)[C@@H]2c2cccc(Br)c2)o1. The summed E-state index contributed by atoms with van der Waals surface area (Å²) in [5.41, 5.74) is 0.995. The van der Waals surface area contributed by atoms with E-state index >= 15 is 0 Å². The number of aromatic nitrogens is 1. The second-order valence-electron chi connectivity index (χ2n) is 7.24. The number of furan rings is 1. The van der Waals surface area contributed by atoms with Crippen LogP contribution in [0, 0.1) is 12.7 Å². The summed E-state index contributed by atoms with van der Waals surface area (Å²) >= 11 is 4.52. The summed E-state index contributed by atoms with van der Waals surface area (Å²) in [6.07, 6.45) is 0. The lowest BCUT2D eigenvalue weighted by atomic mass is 9.95. The lowest BCUT2D eigenvalue weighted by Gasteiger charge is -2.24. The Morgan fingerprint density at radius 2 is 2.03 bits per heavy atom. The van der Waals surface area contributed by atoms with Crippen molar-refractivity contribution in [2.75, 3.05) is 4.90 Å². The van der Waals surface area contributed by atoms with Gasteiger partial charge < -0.3 is 9.52 Å². The summed E-state index contributed by atoms with van der Waals surface area (Å²) < 4.78 is 20.4. The van der Waals surface area contributed by atoms with E-state index in [1.54, 1.807) is 31.2 Å². The average Bonchev–Trinajstić information content (AvgIpc) is 3.44. The second kappa shape index (κ2) is 7.68. The number of Topliss-reactive ketones (excluding diaryl/α,β-unsaturated/α-hetero) is 1. The number of hydrogen-bond acceptors (Lipinski definition) is 6. The van der Waals surface area contributed by atoms with Crippen molar-refractivity contribution in [2.24, 2.45) is 0 Å². The summed E-state index contributed by atoms with van der Waals surface area (Å²) in [4.78, 5) is 32.2. The van der Waals surface area contributed by atoms with Crippen LogP contribution in [0.5, 0.6) is 0 Å². The van der Waals surface area contributed by atoms with Crippen molar-refractivity contribution < 1.29 is 23.5 Å². The number of anilines is 1. The largest absolute Gasteiger partial charge is 0.503 e. The van der Waals surface area contributed by atoms with E-state index in [9.17, 15) is 19.1 Å². The van der Waals surface area contributed by atoms with Crippen LogP contribution >= 0.6 is 27.3 Å². The molecule has 1 aliphatic rings. The van der Waals surface area contributed by atoms with Crippen molar-refractivity contribution in [1.29, 1.82) is 0 Å². The number of thiazole rings is 1. The fourth-order valence-corrected chi connectivity index (χ4v) is 5.14. The second-order valence-corrected chi connectivity index (χ2v) is 9.17. The lowest BCUT2D eigenvalue weighted by molar-refractivity contribution is -0.117. The molecule has 5 rings (SSSR count). The van der Waals surface area contributed by atoms with Gasteiger partial charge in [0.1, 0.15) is 11.6 Å². The lowest BCUT2D eigenvalue weighted by Crippen LogP contribution is -2.30. The molecule has 0 bridgehead atoms. The third-order valence-electron chi connectivity index (χ3n) is 5.13. The molecule has 32 heavy (non-hydrogen) atoms. The van der Waals surface area contributed by atoms with Gasteiger partial charge in [0.25, 0.3) is 5.91 Å². The Bertz CT molecular complexity index is 1440. The summed E-state index contributed by atoms with van der Waals surface area (Å²) in [6.45, 7) is 1.70. The fraction of sp³-hybridized carbons (Fsp3) is 0.0870. The summed E-state index contributed by atoms with van der Waals surface area (Å²) in [7, 11) is 0. The molecule has 160 valence electrons. The molecular weight excluding hydrogens is 499 g/mol. The number of amides is 1. The van der Waals surface area contributed by atoms with Crippen LogP contribution in [0.25, 0.3) is 10.2 Å². The highest BCUT2D eigenvalue weighted by Crippen LogP contribution is 2.44. The topological polar surface area (TPSA) is 83.6 Å². The zero-order valence-corrected chi connectivity index (χ0v) is 18.9. The third-order valence-corrected chi connectivity index (χ3v) is 6.64. The normalized spacial score (nSPS) is 16.4. The number of aliphatic hydroxyl groups excluding tert-OH is 1. The quantitative estimate of drug-likeness (QED) is 0.345. The van der Waals surface area contributed by atoms with E-state index < -0.39 is 29.3 Å². The van der Waals surface area contributed by atoms with Gasteiger partial charge in [-0.05, 0) is 55.0 Å². The first-order valence-electron chi connectivity index (χ1n) is 9.53. The Balaban J connectivity index is 1.69. The standard InChI is InChI=1S/C23H14BrFN2O4S/c1-11-5-8-16(31-11)20(28)18-19(12-3-2-4-13(24)9-12)27(22(30)21(18)29)23-26-15-7-6-14(25)10-17(15)32-23/h2-10,19,29H,1H3/t19-/m1/s1. The van der Waals surface area contributed by atoms with E-state index in [2.05, 4.69) is 20.9 Å². The van der Waals surface area contributed by atoms with Crippen molar-refractivity contribution in [1.82, 2.24) is 4.98 Å². The number of nitrogens with zero attached hydrogens (tertiary/aromatic N) is 2. The Labute approximate surface area is 193 Å². The van der Waals surface area contributed by atoms with E-state index in [4.69, 9.17) is 4.42 Å². The molecule has 1 atom stereocenters. The molecule has 0 radical (unpaired) electrons. The predicted octanol–water partition coefficient (Wildman–Crippen LogP) is 5.88. The van der Waals surface area contributed by atoms with Crippen molar-refractivity contribution in [3.05, 3.63) is 93.3 Å². The minimum Gasteiger partial charge on any atom is -0.503 e. The summed E-state index contributed by atoms with van der Waals surface area (Å²) in [5.74, 6) is -1.90. The smallest absolute Gasteiger partial charge is 0.296 e. The van der Waals surface area contributed by atoms with Gasteiger partial charge in [0, 0.05) is 4.47 Å². The minimum absolute atomic E-state index is 0.0186. The van der Waals surface area contributed by atoms with Crippen molar-refractivity contribution in [2.45, 2.75) is 13.0 Å². The van der Waals surface area contributed by atoms with Crippen LogP contribution in [0.3, 0.4) is 0 Å². The first-order valence-corrected chi connectivity index (χ1v) is 11.1. The number of ketones is 1. The molecule has 4 aromatic rings. The Morgan fingerprint density at radius 3 is 2.75 bits per heavy atom. The first-order chi connectivity index (χ1) is 15.3. The number of halogens is 2. The van der Waals surface area contributed by atoms with Gasteiger partial charge in [-0.3, -0.25) is 14.5 Å². The van der Waals surface area contributed by atoms with Crippen LogP contribution in [0.1, 0.15) is 27.9 Å². The van der Waals surface area contributed by atoms with Crippen LogP contribution in [0.2, 0.25) is 0 Å². The molecule has 0 aliphatic carbocycles. The molecular formula is C23H14BrFN2O4S. The zero-order chi connectivity index (χ0) is 22.6. The number of fused-ring (bicyclic) bond motifs is 1. The highest BCUT2D eigenvalue weighted by Gasteiger charge is 2.46. The zero-order valence-electron chi connectivity index (χ0n) is 16.5. The fourth-order valence-electron chi connectivity index (χ4n) is 3.71. The molecule has 0 unspecified atom stereocenters. The van der Waals surface area contributed by atoms with Crippen LogP contribution in [-0.4, -0.2) is 21.8 Å². The predicted molar refractivity (Wildman–Crippen MR) is 121 cm³/mol. The number of hydrogen-bond donors (Lipinski definition) is 1. The van der Waals surface area contributed by atoms with Crippen LogP contribution in [-0.2, 0) is 4.79 Å². The van der Waals surface area contributed by atoms with Crippen molar-refractivity contribution >= 4 is 54.3 Å². The molecule has 0 saturated heterocycles. The van der Waals surface area contributed by atoms with Gasteiger partial charge in [0.05, 0.1) is 21.8 Å². The molecule has 2 aromatic carbocycles. The van der Waals surface area contributed by atoms with E-state index in [1.165, 1.54) is 29.2 Å². The number of rotatable bonds is 4. The molecule has 6 nitrogen and oxygen atoms in total. The van der Waals surface area contributed by atoms with Gasteiger partial charge in [-0.1, -0.05) is 39.4 Å². The van der Waals surface area contributed by atoms with Crippen molar-refractivity contribution in [3.63, 3.8) is 0 Å². The number of aryl methyl sites for hydroxylation is 1. The maximum atomic E-state index is 13.7. The van der Waals surface area contributed by atoms with Crippen molar-refractivity contribution in [3.8, 4) is 0 Å². The highest BCUT2D eigenvalue weighted by atomic mass is 79.9. The molecule has 2 aromatic heterocycles. The molecule has 0 saturated carbocycles. The molecule has 1 amide bonds. The monoisotopic (exact) mass is 512 g/mol. The van der Waals surface area contributed by atoms with Gasteiger partial charge in [-0.25, -0.2) is 9.37 Å². The number of aliphatic hydroxyl groups is 1. The van der Waals surface area contributed by atoms with Gasteiger partial charge in [0.15, 0.2) is 16.7 Å². The van der Waals surface area contributed by atoms with Gasteiger partial charge in [-0.15, -0.1) is 0 Å². The highest BCUT2D eigenvalue weighted by molar-refractivity contribution is 9.10. The average molecular weight is 513 g/mol. The third kappa shape index (κ3) is 3.34. The molecule has 9 heteroatoms. The number of benzene rings is 2. The Kier molecular flexibility index (Phi) is 4.94. The Morgan fingerprint density at radius 1 is 1.22 bits per heavy atom. The van der Waals surface area contributed by atoms with Gasteiger partial charge >= 0.3 is 0 Å². The Hall–Kier alpha value is -3.30. The van der Waals surface area contributed by atoms with Crippen LogP contribution in [0.15, 0.2) is 74.8 Å². The molecule has 0 spiro atoms. The van der Waals surface area contributed by atoms with Gasteiger partial charge in [0.2, 0.25) is 5.78 Å². The van der Waals surface area contributed by atoms with E-state index in [-0.39, 0.29) is 16.5 Å². The molecule has 1 aliphatic heterocycles. The van der Waals surface area contributed by atoms with E-state index in [0.29, 0.717) is 21.5 Å². The summed E-state index contributed by atoms with van der Waals surface area (Å²) in [6, 6.07) is 13.4. The molecule has 0 fully saturated rings. The van der Waals surface area contributed by atoms with Crippen LogP contribution < -0.4 is 4.90 Å². The van der Waals surface area contributed by atoms with E-state index in [1.807, 2.05) is 6.07 Å². The van der Waals surface area contributed by atoms with Crippen LogP contribution in [0.4, 0.5) is 9.52 Å². The number of carbonyl (C=O) groups is 2. The first kappa shape index (κ1) is 20.6. The minimum atomic E-state index is -0.941. The summed E-state index contributed by atoms with van der Waals surface area (Å²) in [5, 5.41) is 11.0.